The maximum absolute atomic E-state index is 6.24. The minimum Gasteiger partial charge on any atom is -0.381 e. The maximum atomic E-state index is 6.24. The van der Waals surface area contributed by atoms with E-state index in [0.29, 0.717) is 23.0 Å². The van der Waals surface area contributed by atoms with Crippen LogP contribution in [0.3, 0.4) is 0 Å². The first-order valence-electron chi connectivity index (χ1n) is 7.02. The fourth-order valence-corrected chi connectivity index (χ4v) is 2.93. The molecule has 0 spiro atoms. The van der Waals surface area contributed by atoms with Gasteiger partial charge in [0.05, 0.1) is 25.4 Å². The molecule has 0 bridgehead atoms. The van der Waals surface area contributed by atoms with Crippen molar-refractivity contribution < 1.29 is 9.47 Å². The Balaban J connectivity index is 1.85. The molecule has 100 valence electrons. The Labute approximate surface area is 106 Å². The molecule has 17 heavy (non-hydrogen) atoms. The number of hydrogen-bond acceptors (Lipinski definition) is 2. The molecule has 2 aliphatic heterocycles. The summed E-state index contributed by atoms with van der Waals surface area (Å²) in [6.07, 6.45) is 4.56. The van der Waals surface area contributed by atoms with E-state index in [1.165, 1.54) is 19.3 Å². The van der Waals surface area contributed by atoms with Gasteiger partial charge in [-0.25, -0.2) is 0 Å². The van der Waals surface area contributed by atoms with Crippen LogP contribution >= 0.6 is 0 Å². The van der Waals surface area contributed by atoms with E-state index in [1.807, 2.05) is 0 Å². The summed E-state index contributed by atoms with van der Waals surface area (Å²) in [6, 6.07) is 0. The number of ether oxygens (including phenoxy) is 2. The van der Waals surface area contributed by atoms with Crippen LogP contribution in [-0.2, 0) is 9.47 Å². The summed E-state index contributed by atoms with van der Waals surface area (Å²) in [4.78, 5) is 0. The van der Waals surface area contributed by atoms with Crippen molar-refractivity contribution in [3.05, 3.63) is 0 Å². The van der Waals surface area contributed by atoms with Crippen molar-refractivity contribution in [2.75, 3.05) is 13.2 Å². The summed E-state index contributed by atoms with van der Waals surface area (Å²) >= 11 is 0. The Morgan fingerprint density at radius 3 is 2.06 bits per heavy atom. The smallest absolute Gasteiger partial charge is 0.0628 e. The van der Waals surface area contributed by atoms with E-state index in [4.69, 9.17) is 9.47 Å². The molecule has 0 aromatic carbocycles. The summed E-state index contributed by atoms with van der Waals surface area (Å²) in [5, 5.41) is 0. The predicted octanol–water partition coefficient (Wildman–Crippen LogP) is 3.64. The molecule has 0 saturated carbocycles. The van der Waals surface area contributed by atoms with Gasteiger partial charge < -0.3 is 9.47 Å². The average Bonchev–Trinajstić information content (AvgIpc) is 2.45. The van der Waals surface area contributed by atoms with Crippen LogP contribution in [0.4, 0.5) is 0 Å². The van der Waals surface area contributed by atoms with Gasteiger partial charge in [-0.2, -0.15) is 0 Å². The van der Waals surface area contributed by atoms with Gasteiger partial charge in [0.15, 0.2) is 0 Å². The molecule has 0 aliphatic carbocycles. The van der Waals surface area contributed by atoms with E-state index < -0.39 is 0 Å². The third-order valence-corrected chi connectivity index (χ3v) is 4.57. The molecule has 2 aliphatic rings. The molecular formula is C15H28O2. The lowest BCUT2D eigenvalue weighted by Crippen LogP contribution is -2.41. The van der Waals surface area contributed by atoms with Crippen LogP contribution in [0.1, 0.15) is 53.9 Å². The van der Waals surface area contributed by atoms with Crippen molar-refractivity contribution in [1.29, 1.82) is 0 Å². The predicted molar refractivity (Wildman–Crippen MR) is 70.1 cm³/mol. The van der Waals surface area contributed by atoms with Gasteiger partial charge in [-0.05, 0) is 30.1 Å². The summed E-state index contributed by atoms with van der Waals surface area (Å²) < 4.78 is 11.6. The SMILES string of the molecule is CC(C)(C)C1CCC(CC(C)(C)C2COC2)O1. The van der Waals surface area contributed by atoms with Crippen molar-refractivity contribution in [1.82, 2.24) is 0 Å². The lowest BCUT2D eigenvalue weighted by atomic mass is 9.73. The van der Waals surface area contributed by atoms with Crippen molar-refractivity contribution >= 4 is 0 Å². The van der Waals surface area contributed by atoms with Gasteiger partial charge in [-0.3, -0.25) is 0 Å². The van der Waals surface area contributed by atoms with Crippen LogP contribution in [0.2, 0.25) is 0 Å². The van der Waals surface area contributed by atoms with Crippen molar-refractivity contribution in [2.24, 2.45) is 16.7 Å². The third kappa shape index (κ3) is 3.03. The highest BCUT2D eigenvalue weighted by Gasteiger charge is 2.40. The van der Waals surface area contributed by atoms with E-state index in [2.05, 4.69) is 34.6 Å². The fourth-order valence-electron chi connectivity index (χ4n) is 2.93. The molecule has 2 rings (SSSR count). The minimum absolute atomic E-state index is 0.290. The molecule has 0 amide bonds. The minimum atomic E-state index is 0.290. The zero-order valence-corrected chi connectivity index (χ0v) is 12.1. The summed E-state index contributed by atoms with van der Waals surface area (Å²) in [5.74, 6) is 0.736. The van der Waals surface area contributed by atoms with Gasteiger partial charge in [0, 0.05) is 5.92 Å². The summed E-state index contributed by atoms with van der Waals surface area (Å²) in [5.41, 5.74) is 0.661. The summed E-state index contributed by atoms with van der Waals surface area (Å²) in [7, 11) is 0. The molecule has 0 radical (unpaired) electrons. The number of rotatable bonds is 3. The second-order valence-electron chi connectivity index (χ2n) is 7.62. The van der Waals surface area contributed by atoms with E-state index in [1.54, 1.807) is 0 Å². The van der Waals surface area contributed by atoms with Gasteiger partial charge in [-0.1, -0.05) is 34.6 Å². The van der Waals surface area contributed by atoms with Gasteiger partial charge in [0.2, 0.25) is 0 Å². The molecule has 0 aromatic heterocycles. The van der Waals surface area contributed by atoms with E-state index in [0.717, 1.165) is 19.1 Å². The Bertz CT molecular complexity index is 261. The molecule has 2 heteroatoms. The van der Waals surface area contributed by atoms with E-state index >= 15 is 0 Å². The number of hydrogen-bond donors (Lipinski definition) is 0. The molecular weight excluding hydrogens is 212 g/mol. The first-order valence-corrected chi connectivity index (χ1v) is 7.02. The molecule has 2 atom stereocenters. The van der Waals surface area contributed by atoms with Gasteiger partial charge in [0.25, 0.3) is 0 Å². The molecule has 2 nitrogen and oxygen atoms in total. The van der Waals surface area contributed by atoms with E-state index in [9.17, 15) is 0 Å². The second kappa shape index (κ2) is 4.55. The molecule has 0 N–H and O–H groups in total. The topological polar surface area (TPSA) is 18.5 Å². The van der Waals surface area contributed by atoms with Crippen molar-refractivity contribution in [3.8, 4) is 0 Å². The van der Waals surface area contributed by atoms with Gasteiger partial charge in [-0.15, -0.1) is 0 Å². The highest BCUT2D eigenvalue weighted by molar-refractivity contribution is 4.89. The molecule has 2 heterocycles. The largest absolute Gasteiger partial charge is 0.381 e. The maximum Gasteiger partial charge on any atom is 0.0628 e. The highest BCUT2D eigenvalue weighted by atomic mass is 16.5. The van der Waals surface area contributed by atoms with Crippen molar-refractivity contribution in [2.45, 2.75) is 66.1 Å². The molecule has 2 fully saturated rings. The first kappa shape index (κ1) is 13.4. The zero-order valence-electron chi connectivity index (χ0n) is 12.1. The van der Waals surface area contributed by atoms with Crippen LogP contribution in [0.5, 0.6) is 0 Å². The van der Waals surface area contributed by atoms with Crippen LogP contribution in [0, 0.1) is 16.7 Å². The normalized spacial score (nSPS) is 31.6. The second-order valence-corrected chi connectivity index (χ2v) is 7.62. The third-order valence-electron chi connectivity index (χ3n) is 4.57. The lowest BCUT2D eigenvalue weighted by molar-refractivity contribution is -0.108. The van der Waals surface area contributed by atoms with Crippen LogP contribution < -0.4 is 0 Å². The Hall–Kier alpha value is -0.0800. The summed E-state index contributed by atoms with van der Waals surface area (Å²) in [6.45, 7) is 13.5. The zero-order chi connectivity index (χ0) is 12.7. The van der Waals surface area contributed by atoms with Crippen LogP contribution in [0.25, 0.3) is 0 Å². The standard InChI is InChI=1S/C15H28O2/c1-14(2,3)13-7-6-12(17-13)8-15(4,5)11-9-16-10-11/h11-13H,6-10H2,1-5H3. The average molecular weight is 240 g/mol. The molecule has 2 unspecified atom stereocenters. The van der Waals surface area contributed by atoms with Crippen LogP contribution in [-0.4, -0.2) is 25.4 Å². The molecule has 2 saturated heterocycles. The lowest BCUT2D eigenvalue weighted by Gasteiger charge is -2.41. The Morgan fingerprint density at radius 1 is 1.00 bits per heavy atom. The Morgan fingerprint density at radius 2 is 1.65 bits per heavy atom. The quantitative estimate of drug-likeness (QED) is 0.750. The van der Waals surface area contributed by atoms with Gasteiger partial charge in [0.1, 0.15) is 0 Å². The van der Waals surface area contributed by atoms with Crippen molar-refractivity contribution in [3.63, 3.8) is 0 Å². The van der Waals surface area contributed by atoms with E-state index in [-0.39, 0.29) is 0 Å². The van der Waals surface area contributed by atoms with Gasteiger partial charge >= 0.3 is 0 Å². The first-order chi connectivity index (χ1) is 7.79. The van der Waals surface area contributed by atoms with Crippen LogP contribution in [0.15, 0.2) is 0 Å². The monoisotopic (exact) mass is 240 g/mol. The fraction of sp³-hybridized carbons (Fsp3) is 1.00. The Kier molecular flexibility index (Phi) is 3.57. The molecule has 0 aromatic rings. The highest BCUT2D eigenvalue weighted by Crippen LogP contribution is 2.42.